The van der Waals surface area contributed by atoms with Crippen LogP contribution in [-0.2, 0) is 14.3 Å². The Hall–Kier alpha value is -3.91. The molecule has 0 radical (unpaired) electrons. The van der Waals surface area contributed by atoms with E-state index in [-0.39, 0.29) is 24.8 Å². The number of furan rings is 1. The average Bonchev–Trinajstić information content (AvgIpc) is 3.52. The molecule has 1 aliphatic carbocycles. The molecule has 5 rings (SSSR count). The number of benzene rings is 2. The van der Waals surface area contributed by atoms with Crippen molar-refractivity contribution in [1.82, 2.24) is 9.97 Å². The molecule has 8 heteroatoms. The molecule has 0 bridgehead atoms. The lowest BCUT2D eigenvalue weighted by Crippen LogP contribution is -2.28. The number of carbonyl (C=O) groups is 1. The summed E-state index contributed by atoms with van der Waals surface area (Å²) in [5.41, 5.74) is 2.65. The number of methoxy groups -OCH3 is 1. The number of carbonyl (C=O) groups excluding carboxylic acids is 1. The number of hydrogen-bond donors (Lipinski definition) is 0. The summed E-state index contributed by atoms with van der Waals surface area (Å²) in [5.74, 6) is 1.56. The van der Waals surface area contributed by atoms with E-state index in [1.165, 1.54) is 6.33 Å². The summed E-state index contributed by atoms with van der Waals surface area (Å²) in [7, 11) is 1.64. The minimum absolute atomic E-state index is 0.0732. The van der Waals surface area contributed by atoms with Crippen molar-refractivity contribution in [2.45, 2.75) is 57.8 Å². The van der Waals surface area contributed by atoms with Crippen molar-refractivity contribution in [3.8, 4) is 34.1 Å². The van der Waals surface area contributed by atoms with Gasteiger partial charge in [0, 0.05) is 17.5 Å². The highest BCUT2D eigenvalue weighted by Gasteiger charge is 2.30. The van der Waals surface area contributed by atoms with Gasteiger partial charge in [0.1, 0.15) is 41.5 Å². The highest BCUT2D eigenvalue weighted by Crippen LogP contribution is 2.44. The van der Waals surface area contributed by atoms with Crippen molar-refractivity contribution in [1.29, 1.82) is 0 Å². The van der Waals surface area contributed by atoms with Crippen LogP contribution in [0, 0.1) is 0 Å². The Kier molecular flexibility index (Phi) is 7.33. The summed E-state index contributed by atoms with van der Waals surface area (Å²) in [5, 5.41) is 0.717. The van der Waals surface area contributed by atoms with E-state index in [4.69, 9.17) is 23.4 Å². The number of esters is 1. The van der Waals surface area contributed by atoms with Crippen LogP contribution < -0.4 is 9.47 Å². The SMILES string of the molecule is COc1ccc(-c2c(-c3ccccc3)oc3ncnc(O[C@H]4CC[C@H](OCC(=O)OC(C)(C)C)C4)c23)cc1. The number of nitrogens with zero attached hydrogens (tertiary/aromatic N) is 2. The Bertz CT molecular complexity index is 1390. The van der Waals surface area contributed by atoms with Crippen molar-refractivity contribution in [2.75, 3.05) is 13.7 Å². The first-order valence-corrected chi connectivity index (χ1v) is 12.8. The van der Waals surface area contributed by atoms with E-state index in [0.29, 0.717) is 23.8 Å². The lowest BCUT2D eigenvalue weighted by atomic mass is 9.99. The summed E-state index contributed by atoms with van der Waals surface area (Å²) in [4.78, 5) is 21.0. The average molecular weight is 517 g/mol. The Morgan fingerprint density at radius 1 is 0.974 bits per heavy atom. The van der Waals surface area contributed by atoms with Gasteiger partial charge in [-0.15, -0.1) is 0 Å². The lowest BCUT2D eigenvalue weighted by Gasteiger charge is -2.20. The number of aromatic nitrogens is 2. The van der Waals surface area contributed by atoms with Crippen LogP contribution >= 0.6 is 0 Å². The first-order valence-electron chi connectivity index (χ1n) is 12.8. The molecule has 0 spiro atoms. The van der Waals surface area contributed by atoms with Gasteiger partial charge in [0.15, 0.2) is 0 Å². The second kappa shape index (κ2) is 10.8. The molecule has 2 aromatic carbocycles. The van der Waals surface area contributed by atoms with Crippen LogP contribution in [0.15, 0.2) is 65.3 Å². The molecule has 38 heavy (non-hydrogen) atoms. The summed E-state index contributed by atoms with van der Waals surface area (Å²) >= 11 is 0. The van der Waals surface area contributed by atoms with Gasteiger partial charge in [0.2, 0.25) is 11.6 Å². The molecular formula is C30H32N2O6. The highest BCUT2D eigenvalue weighted by atomic mass is 16.6. The Balaban J connectivity index is 1.42. The molecule has 2 atom stereocenters. The van der Waals surface area contributed by atoms with Gasteiger partial charge >= 0.3 is 5.97 Å². The fourth-order valence-electron chi connectivity index (χ4n) is 4.70. The molecule has 4 aromatic rings. The minimum Gasteiger partial charge on any atom is -0.497 e. The zero-order valence-electron chi connectivity index (χ0n) is 22.1. The normalized spacial score (nSPS) is 17.5. The molecule has 8 nitrogen and oxygen atoms in total. The Labute approximate surface area is 221 Å². The molecular weight excluding hydrogens is 484 g/mol. The van der Waals surface area contributed by atoms with E-state index in [2.05, 4.69) is 9.97 Å². The van der Waals surface area contributed by atoms with Crippen molar-refractivity contribution >= 4 is 17.1 Å². The van der Waals surface area contributed by atoms with E-state index in [9.17, 15) is 4.79 Å². The monoisotopic (exact) mass is 516 g/mol. The molecule has 0 unspecified atom stereocenters. The van der Waals surface area contributed by atoms with Gasteiger partial charge < -0.3 is 23.4 Å². The van der Waals surface area contributed by atoms with Crippen LogP contribution in [0.1, 0.15) is 40.0 Å². The predicted octanol–water partition coefficient (Wildman–Crippen LogP) is 6.22. The number of hydrogen-bond acceptors (Lipinski definition) is 8. The van der Waals surface area contributed by atoms with Crippen LogP contribution in [0.4, 0.5) is 0 Å². The molecule has 0 amide bonds. The first kappa shape index (κ1) is 25.7. The van der Waals surface area contributed by atoms with Gasteiger partial charge in [-0.05, 0) is 51.3 Å². The quantitative estimate of drug-likeness (QED) is 0.255. The van der Waals surface area contributed by atoms with Crippen LogP contribution in [-0.4, -0.2) is 47.5 Å². The topological polar surface area (TPSA) is 92.9 Å². The van der Waals surface area contributed by atoms with E-state index in [0.717, 1.165) is 40.7 Å². The maximum Gasteiger partial charge on any atom is 0.332 e. The van der Waals surface area contributed by atoms with Gasteiger partial charge in [-0.1, -0.05) is 42.5 Å². The molecule has 1 aliphatic rings. The van der Waals surface area contributed by atoms with E-state index in [1.807, 2.05) is 75.4 Å². The first-order chi connectivity index (χ1) is 18.3. The van der Waals surface area contributed by atoms with Crippen molar-refractivity contribution in [3.05, 3.63) is 60.9 Å². The van der Waals surface area contributed by atoms with Gasteiger partial charge in [-0.3, -0.25) is 0 Å². The summed E-state index contributed by atoms with van der Waals surface area (Å²) in [6.07, 6.45) is 3.47. The molecule has 198 valence electrons. The van der Waals surface area contributed by atoms with Crippen LogP contribution in [0.3, 0.4) is 0 Å². The smallest absolute Gasteiger partial charge is 0.332 e. The van der Waals surface area contributed by atoms with Gasteiger partial charge in [-0.2, -0.15) is 0 Å². The lowest BCUT2D eigenvalue weighted by molar-refractivity contribution is -0.162. The largest absolute Gasteiger partial charge is 0.497 e. The molecule has 0 N–H and O–H groups in total. The van der Waals surface area contributed by atoms with Crippen molar-refractivity contribution in [3.63, 3.8) is 0 Å². The Morgan fingerprint density at radius 3 is 2.42 bits per heavy atom. The third-order valence-electron chi connectivity index (χ3n) is 6.34. The second-order valence-electron chi connectivity index (χ2n) is 10.3. The number of ether oxygens (including phenoxy) is 4. The fourth-order valence-corrected chi connectivity index (χ4v) is 4.70. The van der Waals surface area contributed by atoms with Crippen molar-refractivity contribution < 1.29 is 28.2 Å². The molecule has 2 aromatic heterocycles. The van der Waals surface area contributed by atoms with E-state index in [1.54, 1.807) is 7.11 Å². The van der Waals surface area contributed by atoms with Gasteiger partial charge in [0.25, 0.3) is 0 Å². The molecule has 1 fully saturated rings. The van der Waals surface area contributed by atoms with Gasteiger partial charge in [-0.25, -0.2) is 14.8 Å². The molecule has 0 aliphatic heterocycles. The highest BCUT2D eigenvalue weighted by molar-refractivity contribution is 6.03. The number of rotatable bonds is 8. The van der Waals surface area contributed by atoms with Crippen LogP contribution in [0.25, 0.3) is 33.6 Å². The zero-order chi connectivity index (χ0) is 26.7. The summed E-state index contributed by atoms with van der Waals surface area (Å²) in [6, 6.07) is 17.7. The predicted molar refractivity (Wildman–Crippen MR) is 143 cm³/mol. The zero-order valence-corrected chi connectivity index (χ0v) is 22.1. The van der Waals surface area contributed by atoms with Crippen LogP contribution in [0.2, 0.25) is 0 Å². The molecule has 1 saturated carbocycles. The van der Waals surface area contributed by atoms with E-state index < -0.39 is 5.60 Å². The van der Waals surface area contributed by atoms with Gasteiger partial charge in [0.05, 0.1) is 13.2 Å². The fraction of sp³-hybridized carbons (Fsp3) is 0.367. The molecule has 0 saturated heterocycles. The maximum absolute atomic E-state index is 12.1. The van der Waals surface area contributed by atoms with Crippen molar-refractivity contribution in [2.24, 2.45) is 0 Å². The van der Waals surface area contributed by atoms with Crippen LogP contribution in [0.5, 0.6) is 11.6 Å². The minimum atomic E-state index is -0.537. The van der Waals surface area contributed by atoms with E-state index >= 15 is 0 Å². The third kappa shape index (κ3) is 5.81. The third-order valence-corrected chi connectivity index (χ3v) is 6.34. The summed E-state index contributed by atoms with van der Waals surface area (Å²) < 4.78 is 29.2. The standard InChI is InChI=1S/C30H32N2O6/c1-30(2,3)38-24(33)17-35-22-14-15-23(16-22)36-28-26-25(19-10-12-21(34-4)13-11-19)27(20-8-6-5-7-9-20)37-29(26)32-18-31-28/h5-13,18,22-23H,14-17H2,1-4H3/t22-,23-/m0/s1. The molecule has 2 heterocycles. The number of fused-ring (bicyclic) bond motifs is 1. The maximum atomic E-state index is 12.1. The second-order valence-corrected chi connectivity index (χ2v) is 10.3. The summed E-state index contributed by atoms with van der Waals surface area (Å²) in [6.45, 7) is 5.44. The Morgan fingerprint density at radius 2 is 1.71 bits per heavy atom.